The monoisotopic (exact) mass is 829 g/mol. The number of hydrogen-bond acceptors (Lipinski definition) is 12. The number of hydrogen-bond donors (Lipinski definition) is 0. The molecule has 1 aliphatic heterocycles. The standard InChI is InChI=1S/C42H52FN7O4S2Si/c1-8-53-40(51)37-36(19-14-24-54-34-21-20-30(27-32(34)43)15-13-22-48(3)4)56-41(44-37)49-23-12-11-16-31-29(2)38(46-47-39(31)49)45-42-50(28-52-25-26-57(5,6)7)33-17-9-10-18-35(33)55-42/h9-10,17-18,20-21,27H,8,11-12,14,16,19,22-26,28H2,1-7H3/b45-42-. The Morgan fingerprint density at radius 1 is 1.09 bits per heavy atom. The molecule has 0 saturated heterocycles. The second kappa shape index (κ2) is 19.3. The van der Waals surface area contributed by atoms with E-state index in [1.54, 1.807) is 30.4 Å². The molecule has 0 spiro atoms. The normalized spacial score (nSPS) is 13.4. The van der Waals surface area contributed by atoms with Crippen LogP contribution in [0, 0.1) is 24.6 Å². The summed E-state index contributed by atoms with van der Waals surface area (Å²) in [5.41, 5.74) is 3.99. The number of esters is 1. The van der Waals surface area contributed by atoms with Gasteiger partial charge in [-0.25, -0.2) is 14.2 Å². The van der Waals surface area contributed by atoms with E-state index >= 15 is 0 Å². The number of aryl methyl sites for hydroxylation is 1. The zero-order valence-electron chi connectivity index (χ0n) is 34.0. The Kier molecular flexibility index (Phi) is 14.3. The number of anilines is 2. The topological polar surface area (TPSA) is 107 Å². The van der Waals surface area contributed by atoms with Crippen molar-refractivity contribution in [1.82, 2.24) is 24.6 Å². The molecular weight excluding hydrogens is 778 g/mol. The largest absolute Gasteiger partial charge is 0.491 e. The lowest BCUT2D eigenvalue weighted by atomic mass is 10.1. The molecule has 2 aromatic carbocycles. The van der Waals surface area contributed by atoms with Gasteiger partial charge in [0.1, 0.15) is 6.73 Å². The Hall–Kier alpha value is -4.46. The van der Waals surface area contributed by atoms with Crippen LogP contribution in [0.1, 0.15) is 58.2 Å². The van der Waals surface area contributed by atoms with Crippen molar-refractivity contribution in [3.05, 3.63) is 80.3 Å². The molecule has 0 saturated carbocycles. The third-order valence-corrected chi connectivity index (χ3v) is 13.3. The van der Waals surface area contributed by atoms with Gasteiger partial charge in [0.15, 0.2) is 38.8 Å². The van der Waals surface area contributed by atoms with Gasteiger partial charge in [0.25, 0.3) is 0 Å². The van der Waals surface area contributed by atoms with Crippen LogP contribution in [0.5, 0.6) is 5.75 Å². The summed E-state index contributed by atoms with van der Waals surface area (Å²) in [5, 5.41) is 10.1. The highest BCUT2D eigenvalue weighted by Gasteiger charge is 2.28. The Labute approximate surface area is 343 Å². The molecule has 0 amide bonds. The van der Waals surface area contributed by atoms with E-state index < -0.39 is 19.9 Å². The summed E-state index contributed by atoms with van der Waals surface area (Å²) in [5.74, 6) is 6.53. The van der Waals surface area contributed by atoms with E-state index in [4.69, 9.17) is 34.4 Å². The Morgan fingerprint density at radius 3 is 2.68 bits per heavy atom. The minimum atomic E-state index is -1.23. The van der Waals surface area contributed by atoms with Gasteiger partial charge < -0.3 is 19.1 Å². The summed E-state index contributed by atoms with van der Waals surface area (Å²) in [6.07, 6.45) is 3.74. The maximum Gasteiger partial charge on any atom is 0.358 e. The molecule has 1 aliphatic rings. The molecular formula is C42H52FN7O4S2Si. The summed E-state index contributed by atoms with van der Waals surface area (Å²) < 4.78 is 35.5. The van der Waals surface area contributed by atoms with Crippen molar-refractivity contribution in [3.8, 4) is 17.6 Å². The van der Waals surface area contributed by atoms with E-state index in [0.717, 1.165) is 62.1 Å². The molecule has 0 fully saturated rings. The molecule has 6 rings (SSSR count). The van der Waals surface area contributed by atoms with Crippen LogP contribution in [0.4, 0.5) is 21.2 Å². The van der Waals surface area contributed by atoms with Crippen LogP contribution in [-0.4, -0.2) is 85.7 Å². The molecule has 3 aromatic heterocycles. The number of thiazole rings is 2. The van der Waals surface area contributed by atoms with Gasteiger partial charge in [-0.3, -0.25) is 9.47 Å². The van der Waals surface area contributed by atoms with Crippen molar-refractivity contribution in [2.24, 2.45) is 4.99 Å². The first-order chi connectivity index (χ1) is 27.4. The molecule has 11 nitrogen and oxygen atoms in total. The van der Waals surface area contributed by atoms with Crippen LogP contribution in [0.3, 0.4) is 0 Å². The number of fused-ring (bicyclic) bond motifs is 2. The fourth-order valence-electron chi connectivity index (χ4n) is 6.27. The summed E-state index contributed by atoms with van der Waals surface area (Å²) >= 11 is 3.06. The average Bonchev–Trinajstić information content (AvgIpc) is 3.67. The molecule has 302 valence electrons. The van der Waals surface area contributed by atoms with Gasteiger partial charge >= 0.3 is 5.97 Å². The predicted molar refractivity (Wildman–Crippen MR) is 230 cm³/mol. The minimum Gasteiger partial charge on any atom is -0.491 e. The Bertz CT molecular complexity index is 2320. The quantitative estimate of drug-likeness (QED) is 0.0445. The van der Waals surface area contributed by atoms with Crippen molar-refractivity contribution in [2.45, 2.75) is 78.4 Å². The number of rotatable bonds is 15. The van der Waals surface area contributed by atoms with E-state index in [1.165, 1.54) is 17.4 Å². The van der Waals surface area contributed by atoms with Gasteiger partial charge in [0, 0.05) is 42.8 Å². The fourth-order valence-corrected chi connectivity index (χ4v) is 9.16. The molecule has 0 bridgehead atoms. The van der Waals surface area contributed by atoms with E-state index in [-0.39, 0.29) is 24.7 Å². The van der Waals surface area contributed by atoms with Crippen LogP contribution >= 0.6 is 22.7 Å². The lowest BCUT2D eigenvalue weighted by molar-refractivity contribution is 0.0519. The summed E-state index contributed by atoms with van der Waals surface area (Å²) in [7, 11) is 2.63. The van der Waals surface area contributed by atoms with Crippen LogP contribution in [0.25, 0.3) is 10.2 Å². The van der Waals surface area contributed by atoms with Crippen LogP contribution in [0.15, 0.2) is 47.5 Å². The van der Waals surface area contributed by atoms with Gasteiger partial charge in [-0.2, -0.15) is 4.99 Å². The van der Waals surface area contributed by atoms with Gasteiger partial charge in [-0.05, 0) is 96.4 Å². The zero-order valence-corrected chi connectivity index (χ0v) is 36.6. The predicted octanol–water partition coefficient (Wildman–Crippen LogP) is 8.52. The van der Waals surface area contributed by atoms with Crippen LogP contribution < -0.4 is 14.4 Å². The molecule has 0 aliphatic carbocycles. The Morgan fingerprint density at radius 2 is 1.91 bits per heavy atom. The maximum absolute atomic E-state index is 14.8. The molecule has 57 heavy (non-hydrogen) atoms. The number of carbonyl (C=O) groups excluding carboxylic acids is 1. The number of para-hydroxylation sites is 1. The Balaban J connectivity index is 1.23. The third-order valence-electron chi connectivity index (χ3n) is 9.37. The van der Waals surface area contributed by atoms with Gasteiger partial charge in [-0.15, -0.1) is 21.5 Å². The number of aromatic nitrogens is 4. The summed E-state index contributed by atoms with van der Waals surface area (Å²) in [4.78, 5) is 28.7. The smallest absolute Gasteiger partial charge is 0.358 e. The number of carbonyl (C=O) groups is 1. The number of halogens is 1. The van der Waals surface area contributed by atoms with Crippen LogP contribution in [0.2, 0.25) is 25.7 Å². The van der Waals surface area contributed by atoms with Gasteiger partial charge in [0.2, 0.25) is 0 Å². The first-order valence-corrected chi connectivity index (χ1v) is 24.8. The first kappa shape index (κ1) is 42.2. The average molecular weight is 830 g/mol. The highest BCUT2D eigenvalue weighted by Crippen LogP contribution is 2.38. The SMILES string of the molecule is CCOC(=O)c1nc(N2CCCCc3c2nnc(/N=c2\sc4ccccc4n2COCC[Si](C)(C)C)c3C)sc1CCCOc1ccc(C#CCN(C)C)cc1F. The van der Waals surface area contributed by atoms with Gasteiger partial charge in [-0.1, -0.05) is 55.0 Å². The summed E-state index contributed by atoms with van der Waals surface area (Å²) in [6, 6.07) is 14.1. The number of nitrogens with zero attached hydrogens (tertiary/aromatic N) is 7. The van der Waals surface area contributed by atoms with E-state index in [1.807, 2.05) is 31.1 Å². The van der Waals surface area contributed by atoms with Crippen molar-refractivity contribution in [2.75, 3.05) is 51.9 Å². The van der Waals surface area contributed by atoms with Crippen molar-refractivity contribution in [1.29, 1.82) is 0 Å². The maximum atomic E-state index is 14.8. The molecule has 4 heterocycles. The third kappa shape index (κ3) is 10.9. The molecule has 0 unspecified atom stereocenters. The van der Waals surface area contributed by atoms with Crippen molar-refractivity contribution >= 4 is 63.7 Å². The molecule has 5 aromatic rings. The lowest BCUT2D eigenvalue weighted by Gasteiger charge is -2.21. The second-order valence-corrected chi connectivity index (χ2v) is 23.1. The lowest BCUT2D eigenvalue weighted by Crippen LogP contribution is -2.23. The fraction of sp³-hybridized carbons (Fsp3) is 0.452. The second-order valence-electron chi connectivity index (χ2n) is 15.4. The van der Waals surface area contributed by atoms with E-state index in [9.17, 15) is 9.18 Å². The molecule has 0 N–H and O–H groups in total. The minimum absolute atomic E-state index is 0.165. The molecule has 0 atom stereocenters. The molecule has 15 heteroatoms. The van der Waals surface area contributed by atoms with Gasteiger partial charge in [0.05, 0.1) is 30.0 Å². The van der Waals surface area contributed by atoms with Crippen molar-refractivity contribution < 1.29 is 23.4 Å². The summed E-state index contributed by atoms with van der Waals surface area (Å²) in [6.45, 7) is 13.8. The van der Waals surface area contributed by atoms with Crippen molar-refractivity contribution in [3.63, 3.8) is 0 Å². The first-order valence-electron chi connectivity index (χ1n) is 19.5. The highest BCUT2D eigenvalue weighted by molar-refractivity contribution is 7.16. The number of ether oxygens (including phenoxy) is 3. The van der Waals surface area contributed by atoms with Crippen LogP contribution in [-0.2, 0) is 29.0 Å². The van der Waals surface area contributed by atoms with E-state index in [0.29, 0.717) is 55.8 Å². The molecule has 0 radical (unpaired) electrons. The highest BCUT2D eigenvalue weighted by atomic mass is 32.1. The number of benzene rings is 2. The van der Waals surface area contributed by atoms with E-state index in [2.05, 4.69) is 60.0 Å². The zero-order chi connectivity index (χ0) is 40.5.